The van der Waals surface area contributed by atoms with E-state index >= 15 is 0 Å². The normalized spacial score (nSPS) is 15.9. The lowest BCUT2D eigenvalue weighted by Crippen LogP contribution is -2.33. The van der Waals surface area contributed by atoms with Crippen LogP contribution < -0.4 is 15.0 Å². The number of hydrogen-bond donors (Lipinski definition) is 1. The molecule has 1 atom stereocenters. The van der Waals surface area contributed by atoms with Gasteiger partial charge in [-0.1, -0.05) is 25.1 Å². The Morgan fingerprint density at radius 3 is 2.43 bits per heavy atom. The number of rotatable bonds is 6. The SMILES string of the molecule is Cc1ccc(OCC(=O)N[C@@H](C)c2ccc(N3CCC(C)CC3)cc2)cc1C. The molecule has 1 N–H and O–H groups in total. The summed E-state index contributed by atoms with van der Waals surface area (Å²) in [4.78, 5) is 14.7. The highest BCUT2D eigenvalue weighted by atomic mass is 16.5. The average molecular weight is 381 g/mol. The molecule has 1 fully saturated rings. The highest BCUT2D eigenvalue weighted by Gasteiger charge is 2.16. The molecule has 0 radical (unpaired) electrons. The summed E-state index contributed by atoms with van der Waals surface area (Å²) in [6.07, 6.45) is 2.52. The summed E-state index contributed by atoms with van der Waals surface area (Å²) in [6.45, 7) is 10.7. The number of nitrogens with one attached hydrogen (secondary N) is 1. The van der Waals surface area contributed by atoms with Crippen LogP contribution in [0.4, 0.5) is 5.69 Å². The number of amides is 1. The van der Waals surface area contributed by atoms with Crippen LogP contribution in [-0.4, -0.2) is 25.6 Å². The van der Waals surface area contributed by atoms with Gasteiger partial charge in [-0.2, -0.15) is 0 Å². The van der Waals surface area contributed by atoms with E-state index in [2.05, 4.69) is 48.3 Å². The molecule has 3 rings (SSSR count). The zero-order valence-electron chi connectivity index (χ0n) is 17.5. The summed E-state index contributed by atoms with van der Waals surface area (Å²) in [5, 5.41) is 3.02. The Bertz CT molecular complexity index is 793. The number of hydrogen-bond acceptors (Lipinski definition) is 3. The van der Waals surface area contributed by atoms with Crippen molar-refractivity contribution >= 4 is 11.6 Å². The van der Waals surface area contributed by atoms with Crippen LogP contribution in [0.25, 0.3) is 0 Å². The summed E-state index contributed by atoms with van der Waals surface area (Å²) in [5.41, 5.74) is 4.75. The van der Waals surface area contributed by atoms with Crippen LogP contribution in [0.5, 0.6) is 5.75 Å². The van der Waals surface area contributed by atoms with Crippen molar-refractivity contribution in [3.8, 4) is 5.75 Å². The Morgan fingerprint density at radius 1 is 1.11 bits per heavy atom. The molecule has 2 aromatic rings. The minimum atomic E-state index is -0.111. The van der Waals surface area contributed by atoms with Crippen LogP contribution in [0.2, 0.25) is 0 Å². The second kappa shape index (κ2) is 9.13. The van der Waals surface area contributed by atoms with Crippen LogP contribution in [-0.2, 0) is 4.79 Å². The van der Waals surface area contributed by atoms with E-state index in [0.29, 0.717) is 0 Å². The molecule has 1 heterocycles. The maximum atomic E-state index is 12.3. The summed E-state index contributed by atoms with van der Waals surface area (Å²) in [6, 6.07) is 14.4. The highest BCUT2D eigenvalue weighted by molar-refractivity contribution is 5.78. The third kappa shape index (κ3) is 5.28. The quantitative estimate of drug-likeness (QED) is 0.783. The first-order valence-electron chi connectivity index (χ1n) is 10.3. The van der Waals surface area contributed by atoms with E-state index in [9.17, 15) is 4.79 Å². The fourth-order valence-electron chi connectivity index (χ4n) is 3.56. The van der Waals surface area contributed by atoms with Gasteiger partial charge in [0.25, 0.3) is 5.91 Å². The van der Waals surface area contributed by atoms with Gasteiger partial charge in [-0.3, -0.25) is 4.79 Å². The second-order valence-corrected chi connectivity index (χ2v) is 8.09. The molecule has 0 saturated carbocycles. The van der Waals surface area contributed by atoms with E-state index in [1.54, 1.807) is 0 Å². The van der Waals surface area contributed by atoms with E-state index in [1.807, 2.05) is 32.0 Å². The fourth-order valence-corrected chi connectivity index (χ4v) is 3.56. The summed E-state index contributed by atoms with van der Waals surface area (Å²) in [5.74, 6) is 1.45. The van der Waals surface area contributed by atoms with Gasteiger partial charge in [-0.05, 0) is 80.5 Å². The van der Waals surface area contributed by atoms with Crippen molar-refractivity contribution in [1.82, 2.24) is 5.32 Å². The Balaban J connectivity index is 1.50. The largest absolute Gasteiger partial charge is 0.484 e. The number of carbonyl (C=O) groups is 1. The number of benzene rings is 2. The number of nitrogens with zero attached hydrogens (tertiary/aromatic N) is 1. The standard InChI is InChI=1S/C24H32N2O2/c1-17-11-13-26(14-12-17)22-8-6-21(7-9-22)20(4)25-24(27)16-28-23-10-5-18(2)19(3)15-23/h5-10,15,17,20H,11-14,16H2,1-4H3,(H,25,27)/t20-/m0/s1. The van der Waals surface area contributed by atoms with E-state index < -0.39 is 0 Å². The smallest absolute Gasteiger partial charge is 0.258 e. The Hall–Kier alpha value is -2.49. The van der Waals surface area contributed by atoms with Crippen molar-refractivity contribution in [1.29, 1.82) is 0 Å². The van der Waals surface area contributed by atoms with Crippen LogP contribution in [0.1, 0.15) is 49.4 Å². The maximum Gasteiger partial charge on any atom is 0.258 e. The molecule has 1 saturated heterocycles. The third-order valence-corrected chi connectivity index (χ3v) is 5.77. The van der Waals surface area contributed by atoms with Gasteiger partial charge in [0.15, 0.2) is 6.61 Å². The van der Waals surface area contributed by atoms with Crippen molar-refractivity contribution < 1.29 is 9.53 Å². The third-order valence-electron chi connectivity index (χ3n) is 5.77. The highest BCUT2D eigenvalue weighted by Crippen LogP contribution is 2.24. The van der Waals surface area contributed by atoms with Gasteiger partial charge >= 0.3 is 0 Å². The Kier molecular flexibility index (Phi) is 6.61. The van der Waals surface area contributed by atoms with E-state index in [0.717, 1.165) is 35.9 Å². The first-order valence-corrected chi connectivity index (χ1v) is 10.3. The van der Waals surface area contributed by atoms with Gasteiger partial charge in [0.1, 0.15) is 5.75 Å². The molecule has 2 aromatic carbocycles. The first-order chi connectivity index (χ1) is 13.4. The minimum Gasteiger partial charge on any atom is -0.484 e. The summed E-state index contributed by atoms with van der Waals surface area (Å²) >= 11 is 0. The Labute approximate surface area is 168 Å². The van der Waals surface area contributed by atoms with E-state index in [-0.39, 0.29) is 18.6 Å². The van der Waals surface area contributed by atoms with Gasteiger partial charge in [-0.15, -0.1) is 0 Å². The van der Waals surface area contributed by atoms with Crippen molar-refractivity contribution in [2.45, 2.75) is 46.6 Å². The van der Waals surface area contributed by atoms with Crippen molar-refractivity contribution in [3.05, 3.63) is 59.2 Å². The minimum absolute atomic E-state index is 0.0247. The van der Waals surface area contributed by atoms with E-state index in [4.69, 9.17) is 4.74 Å². The molecular weight excluding hydrogens is 348 g/mol. The summed E-state index contributed by atoms with van der Waals surface area (Å²) in [7, 11) is 0. The Morgan fingerprint density at radius 2 is 1.79 bits per heavy atom. The van der Waals surface area contributed by atoms with Gasteiger partial charge in [-0.25, -0.2) is 0 Å². The maximum absolute atomic E-state index is 12.3. The molecule has 0 bridgehead atoms. The predicted molar refractivity (Wildman–Crippen MR) is 115 cm³/mol. The molecule has 1 amide bonds. The number of ether oxygens (including phenoxy) is 1. The lowest BCUT2D eigenvalue weighted by molar-refractivity contribution is -0.123. The van der Waals surface area contributed by atoms with Crippen LogP contribution >= 0.6 is 0 Å². The molecule has 0 spiro atoms. The fraction of sp³-hybridized carbons (Fsp3) is 0.458. The number of piperidine rings is 1. The summed E-state index contributed by atoms with van der Waals surface area (Å²) < 4.78 is 5.63. The second-order valence-electron chi connectivity index (χ2n) is 8.09. The predicted octanol–water partition coefficient (Wildman–Crippen LogP) is 4.80. The molecule has 150 valence electrons. The lowest BCUT2D eigenvalue weighted by Gasteiger charge is -2.32. The van der Waals surface area contributed by atoms with Gasteiger partial charge in [0, 0.05) is 18.8 Å². The number of carbonyl (C=O) groups excluding carboxylic acids is 1. The molecule has 0 aromatic heterocycles. The van der Waals surface area contributed by atoms with Crippen molar-refractivity contribution in [3.63, 3.8) is 0 Å². The zero-order chi connectivity index (χ0) is 20.1. The molecule has 4 nitrogen and oxygen atoms in total. The molecule has 1 aliphatic heterocycles. The lowest BCUT2D eigenvalue weighted by atomic mass is 9.98. The molecule has 0 unspecified atom stereocenters. The number of anilines is 1. The topological polar surface area (TPSA) is 41.6 Å². The number of aryl methyl sites for hydroxylation is 2. The first kappa shape index (κ1) is 20.2. The van der Waals surface area contributed by atoms with Crippen LogP contribution in [0.3, 0.4) is 0 Å². The average Bonchev–Trinajstić information content (AvgIpc) is 2.69. The van der Waals surface area contributed by atoms with Gasteiger partial charge in [0.05, 0.1) is 6.04 Å². The zero-order valence-corrected chi connectivity index (χ0v) is 17.5. The van der Waals surface area contributed by atoms with Gasteiger partial charge < -0.3 is 15.0 Å². The molecule has 1 aliphatic rings. The van der Waals surface area contributed by atoms with Crippen molar-refractivity contribution in [2.24, 2.45) is 5.92 Å². The van der Waals surface area contributed by atoms with Crippen LogP contribution in [0.15, 0.2) is 42.5 Å². The molecule has 4 heteroatoms. The molecular formula is C24H32N2O2. The van der Waals surface area contributed by atoms with E-state index in [1.165, 1.54) is 24.1 Å². The molecule has 0 aliphatic carbocycles. The van der Waals surface area contributed by atoms with Gasteiger partial charge in [0.2, 0.25) is 0 Å². The van der Waals surface area contributed by atoms with Crippen LogP contribution in [0, 0.1) is 19.8 Å². The monoisotopic (exact) mass is 380 g/mol. The van der Waals surface area contributed by atoms with Crippen molar-refractivity contribution in [2.75, 3.05) is 24.6 Å². The molecule has 28 heavy (non-hydrogen) atoms.